The van der Waals surface area contributed by atoms with Gasteiger partial charge in [0.25, 0.3) is 0 Å². The summed E-state index contributed by atoms with van der Waals surface area (Å²) in [5.41, 5.74) is 20.1. The average Bonchev–Trinajstić information content (AvgIpc) is 1.70. The summed E-state index contributed by atoms with van der Waals surface area (Å²) in [6.45, 7) is 37.3. The lowest BCUT2D eigenvalue weighted by Crippen LogP contribution is -2.64. The number of carbonyl (C=O) groups excluding carboxylic acids is 5. The molecule has 6 heterocycles. The van der Waals surface area contributed by atoms with Crippen molar-refractivity contribution >= 4 is 128 Å². The molecule has 8 aromatic carbocycles. The predicted octanol–water partition coefficient (Wildman–Crippen LogP) is 8.04. The molecule has 27 heteroatoms. The third-order valence-corrected chi connectivity index (χ3v) is 31.3. The van der Waals surface area contributed by atoms with E-state index in [4.69, 9.17) is 23.9 Å². The molecule has 0 aromatic heterocycles. The van der Waals surface area contributed by atoms with Gasteiger partial charge in [-0.25, -0.2) is 32.0 Å². The molecule has 14 rings (SSSR count). The van der Waals surface area contributed by atoms with Crippen LogP contribution in [0.15, 0.2) is 130 Å². The van der Waals surface area contributed by atoms with Crippen LogP contribution in [-0.4, -0.2) is 178 Å². The van der Waals surface area contributed by atoms with Gasteiger partial charge in [-0.3, -0.25) is 13.7 Å². The number of esters is 1. The van der Waals surface area contributed by atoms with Crippen molar-refractivity contribution in [2.45, 2.75) is 123 Å². The van der Waals surface area contributed by atoms with Crippen LogP contribution in [0, 0.1) is 41.5 Å². The molecule has 2 atom stereocenters. The van der Waals surface area contributed by atoms with E-state index < -0.39 is 55.8 Å². The average molecular weight is 1680 g/mol. The largest absolute Gasteiger partial charge is 0.478 e. The molecule has 113 heavy (non-hydrogen) atoms. The van der Waals surface area contributed by atoms with Gasteiger partial charge in [-0.05, 0) is 251 Å². The summed E-state index contributed by atoms with van der Waals surface area (Å²) in [5.74, 6) is -2.06. The molecule has 2 unspecified atom stereocenters. The van der Waals surface area contributed by atoms with Crippen LogP contribution in [0.25, 0.3) is 11.1 Å². The Kier molecular flexibility index (Phi) is 29.9. The maximum Gasteiger partial charge on any atom is 0.373 e. The first kappa shape index (κ1) is 89.3. The van der Waals surface area contributed by atoms with E-state index in [-0.39, 0.29) is 28.1 Å². The third-order valence-electron chi connectivity index (χ3n) is 21.6. The third kappa shape index (κ3) is 19.6. The van der Waals surface area contributed by atoms with Crippen molar-refractivity contribution < 1.29 is 74.8 Å². The van der Waals surface area contributed by atoms with Gasteiger partial charge in [-0.2, -0.15) is 19.2 Å². The zero-order valence-corrected chi connectivity index (χ0v) is 72.4. The second-order valence-electron chi connectivity index (χ2n) is 30.8. The number of carboxylic acid groups (broad SMARTS) is 2. The van der Waals surface area contributed by atoms with Crippen LogP contribution in [0.5, 0.6) is 0 Å². The van der Waals surface area contributed by atoms with E-state index in [2.05, 4.69) is 160 Å². The number of halogens is 3. The van der Waals surface area contributed by atoms with E-state index in [1.165, 1.54) is 104 Å². The van der Waals surface area contributed by atoms with Gasteiger partial charge in [0.2, 0.25) is 10.7 Å². The van der Waals surface area contributed by atoms with Crippen LogP contribution >= 0.6 is 15.9 Å². The summed E-state index contributed by atoms with van der Waals surface area (Å²) in [4.78, 5) is 75.5. The predicted molar refractivity (Wildman–Crippen MR) is 448 cm³/mol. The lowest BCUT2D eigenvalue weighted by Gasteiger charge is -2.38. The minimum absolute atomic E-state index is 0.108. The van der Waals surface area contributed by atoms with Crippen LogP contribution < -0.4 is 66.2 Å². The number of benzene rings is 8. The number of alkyl halides is 2. The summed E-state index contributed by atoms with van der Waals surface area (Å²) in [7, 11) is 1.15. The molecule has 0 amide bonds. The number of carboxylic acids is 2. The fraction of sp³-hybridized carbons (Fsp3) is 0.360. The molecule has 2 saturated heterocycles. The van der Waals surface area contributed by atoms with Gasteiger partial charge < -0.3 is 39.2 Å². The molecule has 2 fully saturated rings. The number of anilines is 2. The van der Waals surface area contributed by atoms with Crippen molar-refractivity contribution in [1.29, 1.82) is 0 Å². The van der Waals surface area contributed by atoms with Crippen LogP contribution in [-0.2, 0) is 65.5 Å². The number of piperazine rings is 2. The molecule has 0 saturated carbocycles. The number of hydrogen-bond donors (Lipinski definition) is 5. The molecule has 8 aromatic rings. The highest BCUT2D eigenvalue weighted by Gasteiger charge is 2.41. The maximum absolute atomic E-state index is 12.1. The van der Waals surface area contributed by atoms with Gasteiger partial charge in [0.15, 0.2) is 22.2 Å². The van der Waals surface area contributed by atoms with Crippen LogP contribution in [0.4, 0.5) is 20.2 Å². The summed E-state index contributed by atoms with van der Waals surface area (Å²) in [6.07, 6.45) is 2.58. The second-order valence-corrected chi connectivity index (χ2v) is 42.2. The molecule has 6 aliphatic heterocycles. The number of nitrogens with zero attached hydrogens (tertiary/aromatic N) is 5. The lowest BCUT2D eigenvalue weighted by molar-refractivity contribution is -0.193. The number of rotatable bonds is 11. The molecule has 0 bridgehead atoms. The number of likely N-dealkylation sites (N-methyl/N-ethyl adjacent to an activating group) is 2. The van der Waals surface area contributed by atoms with Crippen molar-refractivity contribution in [3.05, 3.63) is 230 Å². The number of aromatic carboxylic acids is 2. The minimum atomic E-state index is -2.27. The Morgan fingerprint density at radius 1 is 0.540 bits per heavy atom. The van der Waals surface area contributed by atoms with Crippen molar-refractivity contribution in [2.24, 2.45) is 0 Å². The summed E-state index contributed by atoms with van der Waals surface area (Å²) in [5, 5.41) is 34.0. The number of aryl methyl sites for hydroxylation is 6. The van der Waals surface area contributed by atoms with Gasteiger partial charge in [0.1, 0.15) is 48.9 Å². The van der Waals surface area contributed by atoms with Gasteiger partial charge in [-0.15, -0.1) is 0 Å². The number of carbonyl (C=O) groups is 3. The Morgan fingerprint density at radius 2 is 0.929 bits per heavy atom. The van der Waals surface area contributed by atoms with Crippen molar-refractivity contribution in [2.75, 3.05) is 104 Å². The summed E-state index contributed by atoms with van der Waals surface area (Å²) < 4.78 is 73.1. The Bertz CT molecular complexity index is 5370. The highest BCUT2D eigenvalue weighted by Crippen LogP contribution is 2.36. The number of ether oxygens (including phenoxy) is 1. The summed E-state index contributed by atoms with van der Waals surface area (Å²) >= 11 is -1.02. The van der Waals surface area contributed by atoms with Crippen molar-refractivity contribution in [1.82, 2.24) is 19.4 Å². The standard InChI is InChI=1S/C38H41N3O6S2Si.C31H35N3O2Si.C13H17BrO2.2CH3F.2CO2/c1-23-16-27(38(42)43)17-24(2)36(23)37-30-9-7-28(19-34(30)50(4,5)35-21-32-25(18-31(35)37)10-11-39(32)3)41-14-12-40(13-15-41)22-26-6-8-29(48(44)45)20-33(26)49(46)47;1-19-14-22(31(35)36)15-20(2)29(19)30-24-7-6-23(34-12-9-32-10-13-34)17-27(24)37(4,5)28-18-26-21(16-25(28)30)8-11-33(26)3;1-8-6-10(7-9(2)11(8)14)12(15)16-13(3,4)5;2*1-2;2*2-1-3/h6-9,16-21H,10-15,22H2,1-5H3,(H2-,42,43,44,45,46,47);6-7,14-18,32H,8-13H2,1-5H3;6-7H,1-5H3;2*1H3;;/p+2. The minimum Gasteiger partial charge on any atom is -0.478 e. The van der Waals surface area contributed by atoms with Crippen molar-refractivity contribution in [3.63, 3.8) is 0 Å². The molecule has 6 aliphatic rings. The quantitative estimate of drug-likeness (QED) is 0.0355. The molecule has 20 nitrogen and oxygen atoms in total. The molecule has 5 N–H and O–H groups in total. The second kappa shape index (κ2) is 37.8. The Balaban J connectivity index is 0.000000221. The monoisotopic (exact) mass is 1680 g/mol. The van der Waals surface area contributed by atoms with Crippen LogP contribution in [0.3, 0.4) is 0 Å². The zero-order chi connectivity index (χ0) is 83.6. The van der Waals surface area contributed by atoms with Gasteiger partial charge in [0.05, 0.1) is 40.8 Å². The van der Waals surface area contributed by atoms with E-state index in [9.17, 15) is 50.9 Å². The topological polar surface area (TPSA) is 272 Å². The number of hydrogen-bond acceptors (Lipinski definition) is 14. The fourth-order valence-electron chi connectivity index (χ4n) is 16.3. The summed E-state index contributed by atoms with van der Waals surface area (Å²) in [6, 6.07) is 39.3. The smallest absolute Gasteiger partial charge is 0.373 e. The Labute approximate surface area is 674 Å². The Morgan fingerprint density at radius 3 is 1.30 bits per heavy atom. The first-order valence-corrected chi connectivity index (χ1v) is 46.0. The number of fused-ring (bicyclic) bond motifs is 6. The SMILES string of the molecule is CF.CF.Cc1cc(C(=O)O)cc(C)c1C1=c2cc3c(cc2[Si](C)(C)c2cc(N4CCN(Cc5ccc(S(=O)O)cc5S(=O)O)CC4)ccc21)=[N+](C)CC3.Cc1cc(C(=O)O)cc(C)c1C1=c2cc3c(cc2[Si](C)(C)c2cc(N4CCNCC4)ccc21)=[N+](C)CC3.Cc1cc(C(=O)OC(C)(C)C)cc(C)c1Br.O=C=O.O=C=O. The van der Waals surface area contributed by atoms with Crippen LogP contribution in [0.1, 0.15) is 124 Å². The number of nitrogens with one attached hydrogen (secondary N) is 1. The van der Waals surface area contributed by atoms with E-state index in [0.717, 1.165) is 122 Å². The first-order chi connectivity index (χ1) is 53.4. The van der Waals surface area contributed by atoms with Gasteiger partial charge >= 0.3 is 30.2 Å². The van der Waals surface area contributed by atoms with E-state index >= 15 is 0 Å². The fourth-order valence-corrected chi connectivity index (χ4v) is 23.7. The normalized spacial score (nSPS) is 15.7. The highest BCUT2D eigenvalue weighted by molar-refractivity contribution is 9.10. The zero-order valence-electron chi connectivity index (χ0n) is 67.2. The molecule has 0 aliphatic carbocycles. The Hall–Kier alpha value is -9.22. The first-order valence-electron chi connectivity index (χ1n) is 37.0. The molecular weight excluding hydrogens is 1580 g/mol. The molecule has 0 spiro atoms. The van der Waals surface area contributed by atoms with Gasteiger partial charge in [-0.1, -0.05) is 60.3 Å². The van der Waals surface area contributed by atoms with E-state index in [1.807, 2.05) is 72.7 Å². The highest BCUT2D eigenvalue weighted by atomic mass is 79.9. The lowest BCUT2D eigenvalue weighted by atomic mass is 9.87. The van der Waals surface area contributed by atoms with Gasteiger partial charge in [0, 0.05) is 111 Å². The van der Waals surface area contributed by atoms with Crippen LogP contribution in [0.2, 0.25) is 26.2 Å². The van der Waals surface area contributed by atoms with E-state index in [1.54, 1.807) is 18.2 Å². The molecular formula is C86H101BrF2N6O14S2Si2+2. The molecule has 598 valence electrons. The molecule has 0 radical (unpaired) electrons. The maximum atomic E-state index is 12.1. The van der Waals surface area contributed by atoms with E-state index in [0.29, 0.717) is 43.2 Å². The van der Waals surface area contributed by atoms with Crippen molar-refractivity contribution in [3.8, 4) is 0 Å².